The highest BCUT2D eigenvalue weighted by molar-refractivity contribution is 6.30. The van der Waals surface area contributed by atoms with Gasteiger partial charge in [0.05, 0.1) is 17.2 Å². The summed E-state index contributed by atoms with van der Waals surface area (Å²) >= 11 is 5.74. The lowest BCUT2D eigenvalue weighted by Gasteiger charge is -2.06. The third-order valence-corrected chi connectivity index (χ3v) is 2.83. The fourth-order valence-corrected chi connectivity index (χ4v) is 1.69. The molecule has 0 aliphatic carbocycles. The molecule has 0 amide bonds. The lowest BCUT2D eigenvalue weighted by molar-refractivity contribution is 0.0472. The average Bonchev–Trinajstić information content (AvgIpc) is 2.45. The van der Waals surface area contributed by atoms with Gasteiger partial charge in [-0.2, -0.15) is 5.26 Å². The summed E-state index contributed by atoms with van der Waals surface area (Å²) in [4.78, 5) is 11.8. The number of carbonyl (C=O) groups excluding carboxylic acids is 1. The van der Waals surface area contributed by atoms with Gasteiger partial charge < -0.3 is 4.74 Å². The van der Waals surface area contributed by atoms with E-state index in [9.17, 15) is 4.79 Å². The van der Waals surface area contributed by atoms with Gasteiger partial charge in [-0.25, -0.2) is 4.79 Å². The number of nitriles is 1. The van der Waals surface area contributed by atoms with Crippen molar-refractivity contribution in [3.63, 3.8) is 0 Å². The van der Waals surface area contributed by atoms with Crippen LogP contribution in [0.25, 0.3) is 0 Å². The zero-order valence-corrected chi connectivity index (χ0v) is 10.7. The number of benzene rings is 2. The minimum Gasteiger partial charge on any atom is -0.457 e. The molecule has 4 heteroatoms. The van der Waals surface area contributed by atoms with Gasteiger partial charge in [0.15, 0.2) is 0 Å². The van der Waals surface area contributed by atoms with Crippen LogP contribution < -0.4 is 0 Å². The van der Waals surface area contributed by atoms with Gasteiger partial charge in [-0.05, 0) is 30.3 Å². The van der Waals surface area contributed by atoms with Crippen molar-refractivity contribution in [3.05, 3.63) is 70.2 Å². The monoisotopic (exact) mass is 271 g/mol. The Labute approximate surface area is 116 Å². The molecule has 0 heterocycles. The first-order valence-electron chi connectivity index (χ1n) is 5.61. The predicted molar refractivity (Wildman–Crippen MR) is 71.7 cm³/mol. The Bertz CT molecular complexity index is 629. The van der Waals surface area contributed by atoms with Gasteiger partial charge in [-0.1, -0.05) is 29.8 Å². The minimum atomic E-state index is -0.440. The fraction of sp³-hybridized carbons (Fsp3) is 0.0667. The molecule has 0 aliphatic rings. The van der Waals surface area contributed by atoms with Gasteiger partial charge >= 0.3 is 5.97 Å². The molecule has 2 rings (SSSR count). The van der Waals surface area contributed by atoms with E-state index in [1.54, 1.807) is 48.5 Å². The van der Waals surface area contributed by atoms with E-state index in [-0.39, 0.29) is 6.61 Å². The van der Waals surface area contributed by atoms with Crippen LogP contribution in [0, 0.1) is 11.3 Å². The first-order valence-corrected chi connectivity index (χ1v) is 5.99. The first kappa shape index (κ1) is 13.1. The Balaban J connectivity index is 2.05. The van der Waals surface area contributed by atoms with Crippen molar-refractivity contribution in [2.45, 2.75) is 6.61 Å². The number of esters is 1. The van der Waals surface area contributed by atoms with Crippen LogP contribution in [-0.2, 0) is 11.3 Å². The molecule has 0 fully saturated rings. The van der Waals surface area contributed by atoms with Gasteiger partial charge in [-0.3, -0.25) is 0 Å². The van der Waals surface area contributed by atoms with Crippen molar-refractivity contribution in [3.8, 4) is 6.07 Å². The number of carbonyl (C=O) groups is 1. The number of rotatable bonds is 3. The smallest absolute Gasteiger partial charge is 0.338 e. The Morgan fingerprint density at radius 1 is 1.16 bits per heavy atom. The standard InChI is InChI=1S/C15H10ClNO2/c16-14-7-5-11(6-8-14)15(18)19-10-13-4-2-1-3-12(13)9-17/h1-8H,10H2. The average molecular weight is 272 g/mol. The van der Waals surface area contributed by atoms with Gasteiger partial charge in [0.25, 0.3) is 0 Å². The molecule has 3 nitrogen and oxygen atoms in total. The van der Waals surface area contributed by atoms with Crippen LogP contribution in [0.2, 0.25) is 5.02 Å². The molecular weight excluding hydrogens is 262 g/mol. The summed E-state index contributed by atoms with van der Waals surface area (Å²) in [7, 11) is 0. The van der Waals surface area contributed by atoms with Gasteiger partial charge in [0.2, 0.25) is 0 Å². The van der Waals surface area contributed by atoms with Crippen LogP contribution in [0.3, 0.4) is 0 Å². The van der Waals surface area contributed by atoms with Gasteiger partial charge in [0.1, 0.15) is 6.61 Å². The number of halogens is 1. The van der Waals surface area contributed by atoms with Crippen LogP contribution in [0.15, 0.2) is 48.5 Å². The number of hydrogen-bond donors (Lipinski definition) is 0. The van der Waals surface area contributed by atoms with Crippen LogP contribution in [0.5, 0.6) is 0 Å². The number of nitrogens with zero attached hydrogens (tertiary/aromatic N) is 1. The summed E-state index contributed by atoms with van der Waals surface area (Å²) in [6, 6.07) is 15.5. The van der Waals surface area contributed by atoms with Crippen LogP contribution in [0.1, 0.15) is 21.5 Å². The third-order valence-electron chi connectivity index (χ3n) is 2.58. The SMILES string of the molecule is N#Cc1ccccc1COC(=O)c1ccc(Cl)cc1. The van der Waals surface area contributed by atoms with E-state index in [2.05, 4.69) is 6.07 Å². The van der Waals surface area contributed by atoms with Crippen molar-refractivity contribution in [1.82, 2.24) is 0 Å². The molecular formula is C15H10ClNO2. The van der Waals surface area contributed by atoms with Crippen LogP contribution in [-0.4, -0.2) is 5.97 Å². The maximum Gasteiger partial charge on any atom is 0.338 e. The summed E-state index contributed by atoms with van der Waals surface area (Å²) < 4.78 is 5.16. The highest BCUT2D eigenvalue weighted by atomic mass is 35.5. The predicted octanol–water partition coefficient (Wildman–Crippen LogP) is 3.57. The molecule has 0 atom stereocenters. The van der Waals surface area contributed by atoms with Crippen molar-refractivity contribution in [2.75, 3.05) is 0 Å². The lowest BCUT2D eigenvalue weighted by Crippen LogP contribution is -2.05. The van der Waals surface area contributed by atoms with Crippen molar-refractivity contribution < 1.29 is 9.53 Å². The quantitative estimate of drug-likeness (QED) is 0.802. The fourth-order valence-electron chi connectivity index (χ4n) is 1.57. The molecule has 2 aromatic rings. The summed E-state index contributed by atoms with van der Waals surface area (Å²) in [6.45, 7) is 0.0746. The van der Waals surface area contributed by atoms with E-state index in [0.29, 0.717) is 21.7 Å². The maximum atomic E-state index is 11.8. The molecule has 0 N–H and O–H groups in total. The Kier molecular flexibility index (Phi) is 4.17. The normalized spacial score (nSPS) is 9.68. The van der Waals surface area contributed by atoms with E-state index >= 15 is 0 Å². The Morgan fingerprint density at radius 2 is 1.84 bits per heavy atom. The van der Waals surface area contributed by atoms with Crippen LogP contribution in [0.4, 0.5) is 0 Å². The molecule has 94 valence electrons. The summed E-state index contributed by atoms with van der Waals surface area (Å²) in [5.74, 6) is -0.440. The summed E-state index contributed by atoms with van der Waals surface area (Å²) in [5, 5.41) is 9.49. The molecule has 0 unspecified atom stereocenters. The Hall–Kier alpha value is -2.31. The highest BCUT2D eigenvalue weighted by Crippen LogP contribution is 2.13. The summed E-state index contributed by atoms with van der Waals surface area (Å²) in [5.41, 5.74) is 1.62. The lowest BCUT2D eigenvalue weighted by atomic mass is 10.1. The van der Waals surface area contributed by atoms with Crippen LogP contribution >= 0.6 is 11.6 Å². The van der Waals surface area contributed by atoms with Crippen molar-refractivity contribution in [1.29, 1.82) is 5.26 Å². The van der Waals surface area contributed by atoms with E-state index in [1.807, 2.05) is 0 Å². The maximum absolute atomic E-state index is 11.8. The highest BCUT2D eigenvalue weighted by Gasteiger charge is 2.08. The van der Waals surface area contributed by atoms with E-state index in [4.69, 9.17) is 21.6 Å². The van der Waals surface area contributed by atoms with Crippen molar-refractivity contribution >= 4 is 17.6 Å². The van der Waals surface area contributed by atoms with Crippen molar-refractivity contribution in [2.24, 2.45) is 0 Å². The number of ether oxygens (including phenoxy) is 1. The summed E-state index contributed by atoms with van der Waals surface area (Å²) in [6.07, 6.45) is 0. The molecule has 0 aromatic heterocycles. The van der Waals surface area contributed by atoms with E-state index in [1.165, 1.54) is 0 Å². The topological polar surface area (TPSA) is 50.1 Å². The van der Waals surface area contributed by atoms with Gasteiger partial charge in [-0.15, -0.1) is 0 Å². The second-order valence-corrected chi connectivity index (χ2v) is 4.29. The second kappa shape index (κ2) is 6.03. The largest absolute Gasteiger partial charge is 0.457 e. The second-order valence-electron chi connectivity index (χ2n) is 3.85. The molecule has 0 spiro atoms. The van der Waals surface area contributed by atoms with E-state index < -0.39 is 5.97 Å². The molecule has 2 aromatic carbocycles. The number of hydrogen-bond acceptors (Lipinski definition) is 3. The molecule has 19 heavy (non-hydrogen) atoms. The first-order chi connectivity index (χ1) is 9.20. The van der Waals surface area contributed by atoms with E-state index in [0.717, 1.165) is 0 Å². The molecule has 0 saturated heterocycles. The van der Waals surface area contributed by atoms with Gasteiger partial charge in [0, 0.05) is 10.6 Å². The Morgan fingerprint density at radius 3 is 2.53 bits per heavy atom. The third kappa shape index (κ3) is 3.34. The molecule has 0 bridgehead atoms. The molecule has 0 aliphatic heterocycles. The minimum absolute atomic E-state index is 0.0746. The molecule has 0 saturated carbocycles. The zero-order chi connectivity index (χ0) is 13.7. The zero-order valence-electron chi connectivity index (χ0n) is 9.97. The molecule has 0 radical (unpaired) electrons.